The van der Waals surface area contributed by atoms with Gasteiger partial charge >= 0.3 is 0 Å². The molecule has 0 unspecified atom stereocenters. The first-order valence-corrected chi connectivity index (χ1v) is 8.54. The molecule has 128 valence electrons. The zero-order chi connectivity index (χ0) is 17.2. The average Bonchev–Trinajstić information content (AvgIpc) is 3.38. The molecule has 1 aliphatic carbocycles. The molecule has 1 saturated carbocycles. The van der Waals surface area contributed by atoms with Gasteiger partial charge in [-0.05, 0) is 43.1 Å². The number of aromatic nitrogens is 2. The van der Waals surface area contributed by atoms with Crippen LogP contribution in [0.3, 0.4) is 0 Å². The monoisotopic (exact) mass is 337 g/mol. The molecule has 1 fully saturated rings. The SMILES string of the molecule is CN(Cc1nc(C2CC2)no1)[C@@H](c1ccccc1)c1ccc(F)cc1. The number of hydrogen-bond acceptors (Lipinski definition) is 4. The predicted octanol–water partition coefficient (Wildman–Crippen LogP) is 4.31. The van der Waals surface area contributed by atoms with Crippen molar-refractivity contribution in [2.45, 2.75) is 31.3 Å². The Morgan fingerprint density at radius 2 is 1.76 bits per heavy atom. The van der Waals surface area contributed by atoms with Gasteiger partial charge in [-0.1, -0.05) is 47.6 Å². The number of hydrogen-bond donors (Lipinski definition) is 0. The molecule has 0 aliphatic heterocycles. The maximum atomic E-state index is 13.3. The molecule has 4 rings (SSSR count). The lowest BCUT2D eigenvalue weighted by Crippen LogP contribution is -2.25. The van der Waals surface area contributed by atoms with Crippen LogP contribution in [0.2, 0.25) is 0 Å². The van der Waals surface area contributed by atoms with Crippen LogP contribution in [-0.4, -0.2) is 22.1 Å². The Morgan fingerprint density at radius 1 is 1.08 bits per heavy atom. The van der Waals surface area contributed by atoms with Crippen molar-refractivity contribution in [2.75, 3.05) is 7.05 Å². The second-order valence-corrected chi connectivity index (χ2v) is 6.60. The highest BCUT2D eigenvalue weighted by molar-refractivity contribution is 5.32. The van der Waals surface area contributed by atoms with E-state index in [2.05, 4.69) is 27.2 Å². The first kappa shape index (κ1) is 16.0. The minimum atomic E-state index is -0.232. The van der Waals surface area contributed by atoms with Crippen LogP contribution >= 0.6 is 0 Å². The molecule has 0 bridgehead atoms. The van der Waals surface area contributed by atoms with E-state index in [0.29, 0.717) is 18.4 Å². The highest BCUT2D eigenvalue weighted by Crippen LogP contribution is 2.38. The Bertz CT molecular complexity index is 828. The van der Waals surface area contributed by atoms with Gasteiger partial charge < -0.3 is 4.52 Å². The minimum Gasteiger partial charge on any atom is -0.338 e. The number of nitrogens with zero attached hydrogens (tertiary/aromatic N) is 3. The zero-order valence-corrected chi connectivity index (χ0v) is 14.1. The summed E-state index contributed by atoms with van der Waals surface area (Å²) in [4.78, 5) is 6.66. The normalized spacial score (nSPS) is 15.5. The van der Waals surface area contributed by atoms with Crippen molar-refractivity contribution in [1.82, 2.24) is 15.0 Å². The third-order valence-corrected chi connectivity index (χ3v) is 4.55. The van der Waals surface area contributed by atoms with Gasteiger partial charge in [0, 0.05) is 5.92 Å². The topological polar surface area (TPSA) is 42.2 Å². The maximum absolute atomic E-state index is 13.3. The summed E-state index contributed by atoms with van der Waals surface area (Å²) in [6.07, 6.45) is 2.30. The van der Waals surface area contributed by atoms with Crippen LogP contribution in [0.5, 0.6) is 0 Å². The molecule has 1 aliphatic rings. The summed E-state index contributed by atoms with van der Waals surface area (Å²) < 4.78 is 18.8. The fraction of sp³-hybridized carbons (Fsp3) is 0.300. The van der Waals surface area contributed by atoms with E-state index in [1.165, 1.54) is 12.1 Å². The van der Waals surface area contributed by atoms with Crippen LogP contribution < -0.4 is 0 Å². The quantitative estimate of drug-likeness (QED) is 0.672. The van der Waals surface area contributed by atoms with Crippen LogP contribution in [0.15, 0.2) is 59.1 Å². The Morgan fingerprint density at radius 3 is 2.44 bits per heavy atom. The molecule has 1 aromatic heterocycles. The molecule has 2 aromatic carbocycles. The lowest BCUT2D eigenvalue weighted by atomic mass is 9.97. The van der Waals surface area contributed by atoms with Gasteiger partial charge in [0.05, 0.1) is 12.6 Å². The molecule has 0 N–H and O–H groups in total. The van der Waals surface area contributed by atoms with Gasteiger partial charge in [-0.15, -0.1) is 0 Å². The molecule has 0 saturated heterocycles. The summed E-state index contributed by atoms with van der Waals surface area (Å²) in [6.45, 7) is 0.538. The average molecular weight is 337 g/mol. The molecular formula is C20H20FN3O. The van der Waals surface area contributed by atoms with E-state index >= 15 is 0 Å². The minimum absolute atomic E-state index is 0.0157. The summed E-state index contributed by atoms with van der Waals surface area (Å²) >= 11 is 0. The molecular weight excluding hydrogens is 317 g/mol. The van der Waals surface area contributed by atoms with Gasteiger partial charge in [-0.25, -0.2) is 4.39 Å². The number of halogens is 1. The van der Waals surface area contributed by atoms with Gasteiger partial charge in [-0.3, -0.25) is 4.90 Å². The lowest BCUT2D eigenvalue weighted by Gasteiger charge is -2.27. The van der Waals surface area contributed by atoms with Gasteiger partial charge in [0.1, 0.15) is 5.82 Å². The van der Waals surface area contributed by atoms with E-state index in [-0.39, 0.29) is 11.9 Å². The molecule has 0 amide bonds. The predicted molar refractivity (Wildman–Crippen MR) is 92.4 cm³/mol. The third-order valence-electron chi connectivity index (χ3n) is 4.55. The van der Waals surface area contributed by atoms with E-state index in [0.717, 1.165) is 29.8 Å². The largest absolute Gasteiger partial charge is 0.338 e. The maximum Gasteiger partial charge on any atom is 0.240 e. The first-order valence-electron chi connectivity index (χ1n) is 8.54. The van der Waals surface area contributed by atoms with E-state index < -0.39 is 0 Å². The molecule has 0 radical (unpaired) electrons. The van der Waals surface area contributed by atoms with Crippen LogP contribution in [0.25, 0.3) is 0 Å². The fourth-order valence-corrected chi connectivity index (χ4v) is 3.13. The van der Waals surface area contributed by atoms with Crippen LogP contribution in [0, 0.1) is 5.82 Å². The van der Waals surface area contributed by atoms with Gasteiger partial charge in [0.2, 0.25) is 5.89 Å². The third kappa shape index (κ3) is 3.61. The van der Waals surface area contributed by atoms with Gasteiger partial charge in [-0.2, -0.15) is 4.98 Å². The van der Waals surface area contributed by atoms with Crippen molar-refractivity contribution in [3.8, 4) is 0 Å². The highest BCUT2D eigenvalue weighted by Gasteiger charge is 2.29. The molecule has 25 heavy (non-hydrogen) atoms. The van der Waals surface area contributed by atoms with Crippen molar-refractivity contribution in [2.24, 2.45) is 0 Å². The first-order chi connectivity index (χ1) is 12.2. The van der Waals surface area contributed by atoms with E-state index in [4.69, 9.17) is 4.52 Å². The molecule has 1 atom stereocenters. The second kappa shape index (κ2) is 6.76. The molecule has 1 heterocycles. The van der Waals surface area contributed by atoms with Crippen molar-refractivity contribution in [1.29, 1.82) is 0 Å². The molecule has 5 heteroatoms. The van der Waals surface area contributed by atoms with E-state index in [1.54, 1.807) is 0 Å². The smallest absolute Gasteiger partial charge is 0.240 e. The summed E-state index contributed by atoms with van der Waals surface area (Å²) in [7, 11) is 2.02. The lowest BCUT2D eigenvalue weighted by molar-refractivity contribution is 0.229. The second-order valence-electron chi connectivity index (χ2n) is 6.60. The summed E-state index contributed by atoms with van der Waals surface area (Å²) in [5.74, 6) is 1.68. The fourth-order valence-electron chi connectivity index (χ4n) is 3.13. The van der Waals surface area contributed by atoms with Gasteiger partial charge in [0.25, 0.3) is 0 Å². The van der Waals surface area contributed by atoms with Crippen LogP contribution in [0.4, 0.5) is 4.39 Å². The van der Waals surface area contributed by atoms with E-state index in [1.807, 2.05) is 37.4 Å². The Labute approximate surface area is 146 Å². The number of benzene rings is 2. The molecule has 4 nitrogen and oxygen atoms in total. The van der Waals surface area contributed by atoms with Crippen LogP contribution in [0.1, 0.15) is 47.6 Å². The zero-order valence-electron chi connectivity index (χ0n) is 14.1. The summed E-state index contributed by atoms with van der Waals surface area (Å²) in [6, 6.07) is 16.8. The van der Waals surface area contributed by atoms with Crippen LogP contribution in [-0.2, 0) is 6.54 Å². The van der Waals surface area contributed by atoms with Crippen molar-refractivity contribution in [3.63, 3.8) is 0 Å². The molecule has 3 aromatic rings. The Balaban J connectivity index is 1.60. The number of rotatable bonds is 6. The summed E-state index contributed by atoms with van der Waals surface area (Å²) in [5, 5.41) is 4.09. The summed E-state index contributed by atoms with van der Waals surface area (Å²) in [5.41, 5.74) is 2.16. The Hall–Kier alpha value is -2.53. The standard InChI is InChI=1S/C20H20FN3O/c1-24(13-18-22-20(23-25-18)16-7-8-16)19(14-5-3-2-4-6-14)15-9-11-17(21)12-10-15/h2-6,9-12,16,19H,7-8,13H2,1H3/t19-/m0/s1. The van der Waals surface area contributed by atoms with Crippen molar-refractivity contribution < 1.29 is 8.91 Å². The van der Waals surface area contributed by atoms with Gasteiger partial charge in [0.15, 0.2) is 5.82 Å². The van der Waals surface area contributed by atoms with Crippen molar-refractivity contribution >= 4 is 0 Å². The van der Waals surface area contributed by atoms with Crippen molar-refractivity contribution in [3.05, 3.63) is 83.3 Å². The Kier molecular flexibility index (Phi) is 4.32. The molecule has 0 spiro atoms. The highest BCUT2D eigenvalue weighted by atomic mass is 19.1. The van der Waals surface area contributed by atoms with E-state index in [9.17, 15) is 4.39 Å².